The molecule has 0 radical (unpaired) electrons. The first-order chi connectivity index (χ1) is 14.2. The second kappa shape index (κ2) is 8.53. The van der Waals surface area contributed by atoms with Crippen LogP contribution < -0.4 is 10.1 Å². The van der Waals surface area contributed by atoms with Crippen LogP contribution in [-0.2, 0) is 0 Å². The van der Waals surface area contributed by atoms with Crippen molar-refractivity contribution in [2.45, 2.75) is 25.8 Å². The first kappa shape index (κ1) is 19.3. The predicted molar refractivity (Wildman–Crippen MR) is 111 cm³/mol. The van der Waals surface area contributed by atoms with E-state index in [1.165, 1.54) is 6.42 Å². The maximum Gasteiger partial charge on any atom is 0.267 e. The van der Waals surface area contributed by atoms with E-state index in [2.05, 4.69) is 27.3 Å². The summed E-state index contributed by atoms with van der Waals surface area (Å²) in [5.74, 6) is 1.30. The summed E-state index contributed by atoms with van der Waals surface area (Å²) in [6.45, 7) is 4.96. The third kappa shape index (κ3) is 4.05. The number of amides is 1. The molecule has 2 aromatic heterocycles. The van der Waals surface area contributed by atoms with E-state index in [1.54, 1.807) is 25.6 Å². The van der Waals surface area contributed by atoms with Crippen LogP contribution in [0.1, 0.15) is 30.3 Å². The first-order valence-corrected chi connectivity index (χ1v) is 9.99. The summed E-state index contributed by atoms with van der Waals surface area (Å²) in [6.07, 6.45) is 5.79. The lowest BCUT2D eigenvalue weighted by Crippen LogP contribution is -2.40. The fourth-order valence-corrected chi connectivity index (χ4v) is 3.93. The summed E-state index contributed by atoms with van der Waals surface area (Å²) >= 11 is 0. The summed E-state index contributed by atoms with van der Waals surface area (Å²) in [4.78, 5) is 18.1. The van der Waals surface area contributed by atoms with Crippen LogP contribution in [0.3, 0.4) is 0 Å². The topological polar surface area (TPSA) is 83.4 Å². The SMILES string of the molecule is CCN1CCCC1CNC(=O)c1cc(-c2oncc2-c2ccc(OC)cc2)c[nH]1. The number of hydrogen-bond donors (Lipinski definition) is 2. The third-order valence-corrected chi connectivity index (χ3v) is 5.56. The Balaban J connectivity index is 1.46. The highest BCUT2D eigenvalue weighted by atomic mass is 16.5. The molecule has 1 unspecified atom stereocenters. The Labute approximate surface area is 170 Å². The number of likely N-dealkylation sites (tertiary alicyclic amines) is 1. The minimum atomic E-state index is -0.107. The van der Waals surface area contributed by atoms with Crippen LogP contribution in [0.5, 0.6) is 5.75 Å². The van der Waals surface area contributed by atoms with Crippen LogP contribution in [0.2, 0.25) is 0 Å². The van der Waals surface area contributed by atoms with Gasteiger partial charge in [0.15, 0.2) is 5.76 Å². The zero-order valence-electron chi connectivity index (χ0n) is 16.8. The second-order valence-electron chi connectivity index (χ2n) is 7.23. The number of aromatic nitrogens is 2. The van der Waals surface area contributed by atoms with Gasteiger partial charge in [-0.15, -0.1) is 0 Å². The van der Waals surface area contributed by atoms with Crippen LogP contribution in [0, 0.1) is 0 Å². The number of carbonyl (C=O) groups is 1. The number of H-pyrrole nitrogens is 1. The van der Waals surface area contributed by atoms with Gasteiger partial charge in [-0.2, -0.15) is 0 Å². The number of methoxy groups -OCH3 is 1. The van der Waals surface area contributed by atoms with Gasteiger partial charge < -0.3 is 19.6 Å². The number of benzene rings is 1. The molecule has 1 aromatic carbocycles. The van der Waals surface area contributed by atoms with E-state index in [9.17, 15) is 4.79 Å². The Hall–Kier alpha value is -3.06. The number of nitrogens with zero attached hydrogens (tertiary/aromatic N) is 2. The fourth-order valence-electron chi connectivity index (χ4n) is 3.93. The molecule has 3 heterocycles. The molecular weight excluding hydrogens is 368 g/mol. The molecule has 7 heteroatoms. The molecule has 1 fully saturated rings. The molecule has 1 saturated heterocycles. The van der Waals surface area contributed by atoms with Gasteiger partial charge in [0.1, 0.15) is 11.4 Å². The number of rotatable bonds is 7. The minimum Gasteiger partial charge on any atom is -0.497 e. The van der Waals surface area contributed by atoms with Gasteiger partial charge in [0, 0.05) is 29.9 Å². The van der Waals surface area contributed by atoms with Crippen LogP contribution in [0.15, 0.2) is 47.2 Å². The highest BCUT2D eigenvalue weighted by Crippen LogP contribution is 2.33. The van der Waals surface area contributed by atoms with Crippen molar-refractivity contribution >= 4 is 5.91 Å². The van der Waals surface area contributed by atoms with Crippen molar-refractivity contribution < 1.29 is 14.1 Å². The number of likely N-dealkylation sites (N-methyl/N-ethyl adjacent to an activating group) is 1. The molecule has 1 aliphatic heterocycles. The van der Waals surface area contributed by atoms with Gasteiger partial charge in [-0.1, -0.05) is 24.2 Å². The van der Waals surface area contributed by atoms with E-state index in [4.69, 9.17) is 9.26 Å². The molecule has 0 aliphatic carbocycles. The van der Waals surface area contributed by atoms with Crippen molar-refractivity contribution in [1.29, 1.82) is 0 Å². The molecule has 152 valence electrons. The van der Waals surface area contributed by atoms with Gasteiger partial charge >= 0.3 is 0 Å². The number of ether oxygens (including phenoxy) is 1. The van der Waals surface area contributed by atoms with Crippen LogP contribution >= 0.6 is 0 Å². The van der Waals surface area contributed by atoms with E-state index in [0.29, 0.717) is 24.0 Å². The molecule has 2 N–H and O–H groups in total. The number of carbonyl (C=O) groups excluding carboxylic acids is 1. The van der Waals surface area contributed by atoms with Crippen LogP contribution in [0.4, 0.5) is 0 Å². The Morgan fingerprint density at radius 1 is 1.34 bits per heavy atom. The normalized spacial score (nSPS) is 16.8. The molecule has 0 bridgehead atoms. The molecule has 1 atom stereocenters. The summed E-state index contributed by atoms with van der Waals surface area (Å²) in [5.41, 5.74) is 3.13. The lowest BCUT2D eigenvalue weighted by atomic mass is 10.0. The zero-order chi connectivity index (χ0) is 20.2. The number of aromatic amines is 1. The largest absolute Gasteiger partial charge is 0.497 e. The third-order valence-electron chi connectivity index (χ3n) is 5.56. The Kier molecular flexibility index (Phi) is 5.67. The van der Waals surface area contributed by atoms with Crippen LogP contribution in [-0.4, -0.2) is 53.7 Å². The minimum absolute atomic E-state index is 0.107. The molecule has 1 aliphatic rings. The smallest absolute Gasteiger partial charge is 0.267 e. The van der Waals surface area contributed by atoms with E-state index >= 15 is 0 Å². The van der Waals surface area contributed by atoms with E-state index < -0.39 is 0 Å². The molecule has 3 aromatic rings. The first-order valence-electron chi connectivity index (χ1n) is 9.99. The van der Waals surface area contributed by atoms with Crippen molar-refractivity contribution in [1.82, 2.24) is 20.4 Å². The maximum atomic E-state index is 12.6. The van der Waals surface area contributed by atoms with Gasteiger partial charge in [-0.25, -0.2) is 0 Å². The summed E-state index contributed by atoms with van der Waals surface area (Å²) in [6, 6.07) is 9.92. The van der Waals surface area contributed by atoms with Crippen molar-refractivity contribution in [3.05, 3.63) is 48.4 Å². The zero-order valence-corrected chi connectivity index (χ0v) is 16.8. The highest BCUT2D eigenvalue weighted by molar-refractivity contribution is 5.94. The Bertz CT molecular complexity index is 961. The summed E-state index contributed by atoms with van der Waals surface area (Å²) in [7, 11) is 1.64. The van der Waals surface area contributed by atoms with E-state index in [-0.39, 0.29) is 5.91 Å². The van der Waals surface area contributed by atoms with Crippen molar-refractivity contribution in [2.75, 3.05) is 26.7 Å². The molecule has 0 saturated carbocycles. The van der Waals surface area contributed by atoms with Gasteiger partial charge in [-0.05, 0) is 49.7 Å². The monoisotopic (exact) mass is 394 g/mol. The molecule has 7 nitrogen and oxygen atoms in total. The van der Waals surface area contributed by atoms with Gasteiger partial charge in [0.2, 0.25) is 0 Å². The standard InChI is InChI=1S/C22H26N4O3/c1-3-26-10-4-5-17(26)13-24-22(27)20-11-16(12-23-20)21-19(14-25-29-21)15-6-8-18(28-2)9-7-15/h6-9,11-12,14,17,23H,3-5,10,13H2,1-2H3,(H,24,27). The van der Waals surface area contributed by atoms with Gasteiger partial charge in [-0.3, -0.25) is 9.69 Å². The molecule has 29 heavy (non-hydrogen) atoms. The van der Waals surface area contributed by atoms with E-state index in [1.807, 2.05) is 24.3 Å². The molecule has 1 amide bonds. The lowest BCUT2D eigenvalue weighted by molar-refractivity contribution is 0.0937. The van der Waals surface area contributed by atoms with Crippen LogP contribution in [0.25, 0.3) is 22.5 Å². The quantitative estimate of drug-likeness (QED) is 0.640. The van der Waals surface area contributed by atoms with Crippen molar-refractivity contribution in [2.24, 2.45) is 0 Å². The van der Waals surface area contributed by atoms with Gasteiger partial charge in [0.25, 0.3) is 5.91 Å². The lowest BCUT2D eigenvalue weighted by Gasteiger charge is -2.22. The van der Waals surface area contributed by atoms with Crippen molar-refractivity contribution in [3.8, 4) is 28.2 Å². The predicted octanol–water partition coefficient (Wildman–Crippen LogP) is 3.56. The van der Waals surface area contributed by atoms with Crippen molar-refractivity contribution in [3.63, 3.8) is 0 Å². The Morgan fingerprint density at radius 3 is 2.93 bits per heavy atom. The number of hydrogen-bond acceptors (Lipinski definition) is 5. The second-order valence-corrected chi connectivity index (χ2v) is 7.23. The maximum absolute atomic E-state index is 12.6. The van der Waals surface area contributed by atoms with E-state index in [0.717, 1.165) is 42.0 Å². The molecule has 4 rings (SSSR count). The molecular formula is C22H26N4O3. The summed E-state index contributed by atoms with van der Waals surface area (Å²) in [5, 5.41) is 7.00. The number of nitrogens with one attached hydrogen (secondary N) is 2. The highest BCUT2D eigenvalue weighted by Gasteiger charge is 2.24. The summed E-state index contributed by atoms with van der Waals surface area (Å²) < 4.78 is 10.7. The Morgan fingerprint density at radius 2 is 2.17 bits per heavy atom. The average Bonchev–Trinajstić information content (AvgIpc) is 3.51. The fraction of sp³-hybridized carbons (Fsp3) is 0.364. The average molecular weight is 394 g/mol. The van der Waals surface area contributed by atoms with Gasteiger partial charge in [0.05, 0.1) is 13.3 Å². The molecule has 0 spiro atoms.